The number of hydrogen-bond acceptors (Lipinski definition) is 3. The first-order valence-corrected chi connectivity index (χ1v) is 8.62. The molecule has 0 spiro atoms. The van der Waals surface area contributed by atoms with Gasteiger partial charge in [-0.15, -0.1) is 0 Å². The molecule has 6 heteroatoms. The van der Waals surface area contributed by atoms with E-state index in [-0.39, 0.29) is 16.2 Å². The van der Waals surface area contributed by atoms with Crippen molar-refractivity contribution in [3.05, 3.63) is 29.8 Å². The molecule has 22 heavy (non-hydrogen) atoms. The van der Waals surface area contributed by atoms with Crippen molar-refractivity contribution in [3.63, 3.8) is 0 Å². The third-order valence-corrected chi connectivity index (χ3v) is 5.03. The number of carbonyl (C=O) groups excluding carboxylic acids is 1. The van der Waals surface area contributed by atoms with Crippen LogP contribution in [0.1, 0.15) is 40.2 Å². The topological polar surface area (TPSA) is 66.5 Å². The molecule has 1 rings (SSSR count). The van der Waals surface area contributed by atoms with E-state index in [1.165, 1.54) is 4.90 Å². The number of carbonyl (C=O) groups is 1. The molecule has 0 unspecified atom stereocenters. The summed E-state index contributed by atoms with van der Waals surface area (Å²) in [5.74, 6) is -0.302. The lowest BCUT2D eigenvalue weighted by Crippen LogP contribution is -2.54. The maximum Gasteiger partial charge on any atom is 0.242 e. The Labute approximate surface area is 133 Å². The molecule has 0 atom stereocenters. The van der Waals surface area contributed by atoms with E-state index in [2.05, 4.69) is 4.72 Å². The van der Waals surface area contributed by atoms with Crippen LogP contribution in [0.2, 0.25) is 0 Å². The molecule has 124 valence electrons. The van der Waals surface area contributed by atoms with E-state index in [0.717, 1.165) is 5.56 Å². The lowest BCUT2D eigenvalue weighted by atomic mass is 9.87. The van der Waals surface area contributed by atoms with E-state index in [9.17, 15) is 13.2 Å². The van der Waals surface area contributed by atoms with Crippen molar-refractivity contribution < 1.29 is 13.2 Å². The second-order valence-electron chi connectivity index (χ2n) is 7.18. The van der Waals surface area contributed by atoms with Crippen molar-refractivity contribution in [3.8, 4) is 0 Å². The van der Waals surface area contributed by atoms with Crippen LogP contribution in [0.5, 0.6) is 0 Å². The first-order valence-electron chi connectivity index (χ1n) is 7.14. The monoisotopic (exact) mass is 326 g/mol. The lowest BCUT2D eigenvalue weighted by Gasteiger charge is -2.29. The standard InChI is InChI=1S/C16H26N2O3S/c1-15(2,3)12-10-8-9-11-13(12)22(20,21)17-16(4,5)14(19)18(6)7/h8-11,17H,1-7H3. The first-order chi connectivity index (χ1) is 9.79. The summed E-state index contributed by atoms with van der Waals surface area (Å²) in [6.07, 6.45) is 0. The molecule has 0 fully saturated rings. The average Bonchev–Trinajstić information content (AvgIpc) is 2.35. The van der Waals surface area contributed by atoms with Gasteiger partial charge in [0.1, 0.15) is 5.54 Å². The number of hydrogen-bond donors (Lipinski definition) is 1. The van der Waals surface area contributed by atoms with Crippen molar-refractivity contribution in [2.45, 2.75) is 50.5 Å². The molecule has 0 aliphatic heterocycles. The smallest absolute Gasteiger partial charge is 0.242 e. The van der Waals surface area contributed by atoms with Crippen molar-refractivity contribution >= 4 is 15.9 Å². The molecular weight excluding hydrogens is 300 g/mol. The predicted molar refractivity (Wildman–Crippen MR) is 88.2 cm³/mol. The van der Waals surface area contributed by atoms with Crippen LogP contribution in [0.15, 0.2) is 29.2 Å². The summed E-state index contributed by atoms with van der Waals surface area (Å²) >= 11 is 0. The summed E-state index contributed by atoms with van der Waals surface area (Å²) in [6, 6.07) is 6.87. The van der Waals surface area contributed by atoms with Gasteiger partial charge in [0, 0.05) is 14.1 Å². The number of rotatable bonds is 4. The zero-order valence-electron chi connectivity index (χ0n) is 14.4. The minimum atomic E-state index is -3.81. The number of nitrogens with zero attached hydrogens (tertiary/aromatic N) is 1. The number of benzene rings is 1. The molecule has 0 saturated heterocycles. The Bertz CT molecular complexity index is 656. The van der Waals surface area contributed by atoms with Crippen molar-refractivity contribution in [1.82, 2.24) is 9.62 Å². The van der Waals surface area contributed by atoms with Gasteiger partial charge in [0.25, 0.3) is 0 Å². The van der Waals surface area contributed by atoms with Gasteiger partial charge in [0.15, 0.2) is 0 Å². The Kier molecular flexibility index (Phi) is 5.09. The maximum absolute atomic E-state index is 12.8. The van der Waals surface area contributed by atoms with Crippen LogP contribution in [0.25, 0.3) is 0 Å². The quantitative estimate of drug-likeness (QED) is 0.922. The molecular formula is C16H26N2O3S. The maximum atomic E-state index is 12.8. The van der Waals surface area contributed by atoms with Gasteiger partial charge in [-0.2, -0.15) is 4.72 Å². The predicted octanol–water partition coefficient (Wildman–Crippen LogP) is 2.13. The second kappa shape index (κ2) is 6.01. The van der Waals surface area contributed by atoms with Gasteiger partial charge in [0.05, 0.1) is 4.90 Å². The summed E-state index contributed by atoms with van der Waals surface area (Å²) in [4.78, 5) is 13.7. The fraction of sp³-hybridized carbons (Fsp3) is 0.562. The van der Waals surface area contributed by atoms with Crippen LogP contribution in [0, 0.1) is 0 Å². The van der Waals surface area contributed by atoms with E-state index in [4.69, 9.17) is 0 Å². The van der Waals surface area contributed by atoms with E-state index < -0.39 is 15.6 Å². The van der Waals surface area contributed by atoms with Crippen molar-refractivity contribution in [1.29, 1.82) is 0 Å². The van der Waals surface area contributed by atoms with Gasteiger partial charge in [-0.05, 0) is 30.9 Å². The Morgan fingerprint density at radius 2 is 1.55 bits per heavy atom. The highest BCUT2D eigenvalue weighted by Gasteiger charge is 2.36. The van der Waals surface area contributed by atoms with Crippen molar-refractivity contribution in [2.24, 2.45) is 0 Å². The lowest BCUT2D eigenvalue weighted by molar-refractivity contribution is -0.133. The SMILES string of the molecule is CN(C)C(=O)C(C)(C)NS(=O)(=O)c1ccccc1C(C)(C)C. The van der Waals surface area contributed by atoms with Crippen LogP contribution in [0.3, 0.4) is 0 Å². The average molecular weight is 326 g/mol. The Morgan fingerprint density at radius 1 is 1.05 bits per heavy atom. The Hall–Kier alpha value is -1.40. The summed E-state index contributed by atoms with van der Waals surface area (Å²) in [5.41, 5.74) is -0.815. The molecule has 0 heterocycles. The van der Waals surface area contributed by atoms with Gasteiger partial charge in [-0.25, -0.2) is 8.42 Å². The molecule has 0 aliphatic carbocycles. The van der Waals surface area contributed by atoms with Crippen LogP contribution in [-0.2, 0) is 20.2 Å². The summed E-state index contributed by atoms with van der Waals surface area (Å²) in [6.45, 7) is 8.99. The Morgan fingerprint density at radius 3 is 2.00 bits per heavy atom. The highest BCUT2D eigenvalue weighted by atomic mass is 32.2. The third kappa shape index (κ3) is 4.08. The largest absolute Gasteiger partial charge is 0.347 e. The third-order valence-electron chi connectivity index (χ3n) is 3.31. The fourth-order valence-electron chi connectivity index (χ4n) is 2.31. The van der Waals surface area contributed by atoms with Crippen LogP contribution in [-0.4, -0.2) is 38.9 Å². The summed E-state index contributed by atoms with van der Waals surface area (Å²) in [7, 11) is -0.610. The van der Waals surface area contributed by atoms with Gasteiger partial charge in [-0.3, -0.25) is 4.79 Å². The van der Waals surface area contributed by atoms with E-state index in [1.54, 1.807) is 46.1 Å². The zero-order chi connectivity index (χ0) is 17.3. The Balaban J connectivity index is 3.31. The van der Waals surface area contributed by atoms with Gasteiger partial charge in [-0.1, -0.05) is 39.0 Å². The highest BCUT2D eigenvalue weighted by molar-refractivity contribution is 7.89. The molecule has 1 N–H and O–H groups in total. The zero-order valence-corrected chi connectivity index (χ0v) is 15.2. The van der Waals surface area contributed by atoms with Gasteiger partial charge >= 0.3 is 0 Å². The number of sulfonamides is 1. The van der Waals surface area contributed by atoms with Crippen LogP contribution < -0.4 is 4.72 Å². The molecule has 0 radical (unpaired) electrons. The number of amides is 1. The fourth-order valence-corrected chi connectivity index (χ4v) is 4.10. The summed E-state index contributed by atoms with van der Waals surface area (Å²) < 4.78 is 28.0. The van der Waals surface area contributed by atoms with Crippen LogP contribution in [0.4, 0.5) is 0 Å². The molecule has 0 aromatic heterocycles. The molecule has 1 aromatic carbocycles. The molecule has 1 amide bonds. The highest BCUT2D eigenvalue weighted by Crippen LogP contribution is 2.29. The molecule has 0 bridgehead atoms. The first kappa shape index (κ1) is 18.6. The van der Waals surface area contributed by atoms with Gasteiger partial charge in [0.2, 0.25) is 15.9 Å². The van der Waals surface area contributed by atoms with E-state index in [0.29, 0.717) is 0 Å². The van der Waals surface area contributed by atoms with Crippen molar-refractivity contribution in [2.75, 3.05) is 14.1 Å². The van der Waals surface area contributed by atoms with E-state index >= 15 is 0 Å². The number of likely N-dealkylation sites (N-methyl/N-ethyl adjacent to an activating group) is 1. The van der Waals surface area contributed by atoms with Gasteiger partial charge < -0.3 is 4.90 Å². The molecule has 0 aliphatic rings. The minimum Gasteiger partial charge on any atom is -0.347 e. The minimum absolute atomic E-state index is 0.210. The number of nitrogens with one attached hydrogen (secondary N) is 1. The second-order valence-corrected chi connectivity index (χ2v) is 8.83. The van der Waals surface area contributed by atoms with Crippen LogP contribution >= 0.6 is 0 Å². The molecule has 5 nitrogen and oxygen atoms in total. The molecule has 0 saturated carbocycles. The normalized spacial score (nSPS) is 13.0. The summed E-state index contributed by atoms with van der Waals surface area (Å²) in [5, 5.41) is 0. The van der Waals surface area contributed by atoms with E-state index in [1.807, 2.05) is 26.8 Å². The molecule has 1 aromatic rings.